The number of benzene rings is 1. The van der Waals surface area contributed by atoms with Gasteiger partial charge in [-0.1, -0.05) is 0 Å². The Labute approximate surface area is 104 Å². The molecule has 0 unspecified atom stereocenters. The molecule has 1 heterocycles. The van der Waals surface area contributed by atoms with Crippen LogP contribution in [0.5, 0.6) is 0 Å². The van der Waals surface area contributed by atoms with Crippen molar-refractivity contribution in [1.29, 1.82) is 0 Å². The minimum atomic E-state index is -0.991. The van der Waals surface area contributed by atoms with Crippen molar-refractivity contribution < 1.29 is 14.3 Å². The number of nitrogens with zero attached hydrogens (tertiary/aromatic N) is 1. The number of nitrogens with one attached hydrogen (secondary N) is 1. The van der Waals surface area contributed by atoms with E-state index in [4.69, 9.17) is 10.8 Å². The number of carboxylic acid groups (broad SMARTS) is 1. The standard InChI is InChI=1S/C12H16FN3O2/c13-8-1-2-11(10(14)7-8)16-5-3-9(4-6-16)15-12(17)18/h1-2,7,9,15H,3-6,14H2,(H,17,18). The summed E-state index contributed by atoms with van der Waals surface area (Å²) in [5.41, 5.74) is 7.00. The van der Waals surface area contributed by atoms with Crippen LogP contribution < -0.4 is 16.0 Å². The molecule has 1 saturated heterocycles. The lowest BCUT2D eigenvalue weighted by molar-refractivity contribution is 0.187. The van der Waals surface area contributed by atoms with Gasteiger partial charge in [0.1, 0.15) is 5.82 Å². The molecule has 0 atom stereocenters. The Morgan fingerprint density at radius 1 is 1.44 bits per heavy atom. The summed E-state index contributed by atoms with van der Waals surface area (Å²) in [5, 5.41) is 11.1. The molecule has 1 aliphatic heterocycles. The molecule has 0 aromatic heterocycles. The van der Waals surface area contributed by atoms with Gasteiger partial charge in [0.05, 0.1) is 11.4 Å². The molecule has 5 nitrogen and oxygen atoms in total. The molecule has 1 aliphatic rings. The molecule has 2 rings (SSSR count). The largest absolute Gasteiger partial charge is 0.465 e. The van der Waals surface area contributed by atoms with Crippen molar-refractivity contribution in [3.05, 3.63) is 24.0 Å². The van der Waals surface area contributed by atoms with Gasteiger partial charge in [0.2, 0.25) is 0 Å². The van der Waals surface area contributed by atoms with Crippen molar-refractivity contribution in [3.63, 3.8) is 0 Å². The van der Waals surface area contributed by atoms with E-state index >= 15 is 0 Å². The van der Waals surface area contributed by atoms with Crippen molar-refractivity contribution in [3.8, 4) is 0 Å². The Bertz CT molecular complexity index is 445. The average Bonchev–Trinajstić information content (AvgIpc) is 2.30. The maximum atomic E-state index is 12.9. The van der Waals surface area contributed by atoms with E-state index < -0.39 is 6.09 Å². The van der Waals surface area contributed by atoms with E-state index in [0.717, 1.165) is 18.5 Å². The second-order valence-electron chi connectivity index (χ2n) is 4.41. The van der Waals surface area contributed by atoms with Crippen LogP contribution in [0.15, 0.2) is 18.2 Å². The van der Waals surface area contributed by atoms with Gasteiger partial charge in [-0.3, -0.25) is 0 Å². The number of amides is 1. The van der Waals surface area contributed by atoms with Crippen LogP contribution in [-0.4, -0.2) is 30.3 Å². The minimum Gasteiger partial charge on any atom is -0.465 e. The Morgan fingerprint density at radius 3 is 2.67 bits per heavy atom. The molecule has 4 N–H and O–H groups in total. The first-order valence-electron chi connectivity index (χ1n) is 5.85. The highest BCUT2D eigenvalue weighted by Crippen LogP contribution is 2.26. The lowest BCUT2D eigenvalue weighted by Crippen LogP contribution is -2.44. The molecule has 1 fully saturated rings. The number of hydrogen-bond donors (Lipinski definition) is 3. The second-order valence-corrected chi connectivity index (χ2v) is 4.41. The van der Waals surface area contributed by atoms with E-state index in [1.165, 1.54) is 12.1 Å². The first-order chi connectivity index (χ1) is 8.56. The molecule has 1 aromatic carbocycles. The van der Waals surface area contributed by atoms with Crippen LogP contribution in [0.1, 0.15) is 12.8 Å². The number of halogens is 1. The van der Waals surface area contributed by atoms with Crippen LogP contribution in [0.3, 0.4) is 0 Å². The molecular formula is C12H16FN3O2. The molecule has 18 heavy (non-hydrogen) atoms. The first kappa shape index (κ1) is 12.5. The van der Waals surface area contributed by atoms with Gasteiger partial charge in [-0.2, -0.15) is 0 Å². The summed E-state index contributed by atoms with van der Waals surface area (Å²) in [6.07, 6.45) is 0.460. The van der Waals surface area contributed by atoms with Gasteiger partial charge in [-0.05, 0) is 31.0 Å². The van der Waals surface area contributed by atoms with Crippen molar-refractivity contribution in [2.75, 3.05) is 23.7 Å². The predicted octanol–water partition coefficient (Wildman–Crippen LogP) is 1.64. The Kier molecular flexibility index (Phi) is 3.55. The summed E-state index contributed by atoms with van der Waals surface area (Å²) in [4.78, 5) is 12.6. The number of hydrogen-bond acceptors (Lipinski definition) is 3. The molecule has 1 amide bonds. The second kappa shape index (κ2) is 5.12. The first-order valence-corrected chi connectivity index (χ1v) is 5.85. The minimum absolute atomic E-state index is 0.0135. The summed E-state index contributed by atoms with van der Waals surface area (Å²) < 4.78 is 12.9. The Balaban J connectivity index is 1.99. The zero-order valence-corrected chi connectivity index (χ0v) is 9.90. The van der Waals surface area contributed by atoms with E-state index in [2.05, 4.69) is 10.2 Å². The van der Waals surface area contributed by atoms with E-state index in [1.807, 2.05) is 0 Å². The lowest BCUT2D eigenvalue weighted by Gasteiger charge is -2.34. The SMILES string of the molecule is Nc1cc(F)ccc1N1CCC(NC(=O)O)CC1. The van der Waals surface area contributed by atoms with Gasteiger partial charge >= 0.3 is 6.09 Å². The fraction of sp³-hybridized carbons (Fsp3) is 0.417. The highest BCUT2D eigenvalue weighted by atomic mass is 19.1. The number of anilines is 2. The molecule has 6 heteroatoms. The third-order valence-corrected chi connectivity index (χ3v) is 3.15. The summed E-state index contributed by atoms with van der Waals surface area (Å²) >= 11 is 0. The fourth-order valence-corrected chi connectivity index (χ4v) is 2.25. The van der Waals surface area contributed by atoms with Crippen LogP contribution in [0, 0.1) is 5.82 Å². The Morgan fingerprint density at radius 2 is 2.11 bits per heavy atom. The van der Waals surface area contributed by atoms with Crippen LogP contribution in [0.2, 0.25) is 0 Å². The highest BCUT2D eigenvalue weighted by molar-refractivity contribution is 5.68. The summed E-state index contributed by atoms with van der Waals surface area (Å²) in [6.45, 7) is 1.42. The smallest absolute Gasteiger partial charge is 0.404 e. The predicted molar refractivity (Wildman–Crippen MR) is 67.2 cm³/mol. The van der Waals surface area contributed by atoms with Crippen molar-refractivity contribution in [2.24, 2.45) is 0 Å². The van der Waals surface area contributed by atoms with E-state index in [0.29, 0.717) is 18.8 Å². The quantitative estimate of drug-likeness (QED) is 0.700. The zero-order chi connectivity index (χ0) is 13.1. The number of nitrogen functional groups attached to an aromatic ring is 1. The van der Waals surface area contributed by atoms with Crippen LogP contribution in [0.25, 0.3) is 0 Å². The number of piperidine rings is 1. The number of carbonyl (C=O) groups is 1. The summed E-state index contributed by atoms with van der Waals surface area (Å²) in [7, 11) is 0. The van der Waals surface area contributed by atoms with Gasteiger partial charge in [-0.25, -0.2) is 9.18 Å². The maximum absolute atomic E-state index is 12.9. The van der Waals surface area contributed by atoms with Gasteiger partial charge in [0, 0.05) is 19.1 Å². The fourth-order valence-electron chi connectivity index (χ4n) is 2.25. The normalized spacial score (nSPS) is 16.6. The van der Waals surface area contributed by atoms with Crippen molar-refractivity contribution in [1.82, 2.24) is 5.32 Å². The molecule has 0 saturated carbocycles. The zero-order valence-electron chi connectivity index (χ0n) is 9.90. The Hall–Kier alpha value is -1.98. The van der Waals surface area contributed by atoms with Gasteiger partial charge in [0.25, 0.3) is 0 Å². The van der Waals surface area contributed by atoms with E-state index in [-0.39, 0.29) is 11.9 Å². The van der Waals surface area contributed by atoms with Crippen LogP contribution in [-0.2, 0) is 0 Å². The van der Waals surface area contributed by atoms with Crippen molar-refractivity contribution >= 4 is 17.5 Å². The summed E-state index contributed by atoms with van der Waals surface area (Å²) in [5.74, 6) is -0.348. The summed E-state index contributed by atoms with van der Waals surface area (Å²) in [6, 6.07) is 4.33. The molecule has 98 valence electrons. The van der Waals surface area contributed by atoms with Crippen molar-refractivity contribution in [2.45, 2.75) is 18.9 Å². The van der Waals surface area contributed by atoms with Gasteiger partial charge in [0.15, 0.2) is 0 Å². The topological polar surface area (TPSA) is 78.6 Å². The third kappa shape index (κ3) is 2.82. The van der Waals surface area contributed by atoms with Crippen LogP contribution in [0.4, 0.5) is 20.6 Å². The van der Waals surface area contributed by atoms with E-state index in [9.17, 15) is 9.18 Å². The number of rotatable bonds is 2. The van der Waals surface area contributed by atoms with E-state index in [1.54, 1.807) is 6.07 Å². The third-order valence-electron chi connectivity index (χ3n) is 3.15. The molecular weight excluding hydrogens is 237 g/mol. The van der Waals surface area contributed by atoms with Crippen LogP contribution >= 0.6 is 0 Å². The molecule has 0 radical (unpaired) electrons. The molecule has 0 aliphatic carbocycles. The van der Waals surface area contributed by atoms with Gasteiger partial charge < -0.3 is 21.1 Å². The number of nitrogens with two attached hydrogens (primary N) is 1. The molecule has 0 spiro atoms. The molecule has 0 bridgehead atoms. The molecule has 1 aromatic rings. The monoisotopic (exact) mass is 253 g/mol. The highest BCUT2D eigenvalue weighted by Gasteiger charge is 2.21. The maximum Gasteiger partial charge on any atom is 0.404 e. The lowest BCUT2D eigenvalue weighted by atomic mass is 10.0. The average molecular weight is 253 g/mol. The van der Waals surface area contributed by atoms with Gasteiger partial charge in [-0.15, -0.1) is 0 Å².